The SMILES string of the molecule is CN=C[C@H]1C[C@@H](NC(C)(C)C2CC2)CCC1n1cc(C(N)=O)c(Nc2ccccc2)n1. The number of carbonyl (C=O) groups is 1. The van der Waals surface area contributed by atoms with Gasteiger partial charge in [-0.25, -0.2) is 0 Å². The van der Waals surface area contributed by atoms with Crippen LogP contribution >= 0.6 is 0 Å². The van der Waals surface area contributed by atoms with Crippen molar-refractivity contribution in [1.82, 2.24) is 15.1 Å². The predicted octanol–water partition coefficient (Wildman–Crippen LogP) is 3.91. The molecule has 0 spiro atoms. The van der Waals surface area contributed by atoms with Crippen LogP contribution in [-0.4, -0.2) is 40.5 Å². The molecular weight excluding hydrogens is 388 g/mol. The number of nitrogens with two attached hydrogens (primary N) is 1. The fourth-order valence-corrected chi connectivity index (χ4v) is 4.94. The molecule has 2 aliphatic carbocycles. The molecule has 2 aromatic rings. The average Bonchev–Trinajstić information content (AvgIpc) is 3.51. The topological polar surface area (TPSA) is 97.3 Å². The number of hydrogen-bond acceptors (Lipinski definition) is 5. The van der Waals surface area contributed by atoms with Crippen molar-refractivity contribution in [2.45, 2.75) is 63.6 Å². The van der Waals surface area contributed by atoms with Crippen LogP contribution in [0.4, 0.5) is 11.5 Å². The maximum atomic E-state index is 12.1. The summed E-state index contributed by atoms with van der Waals surface area (Å²) in [6, 6.07) is 10.3. The van der Waals surface area contributed by atoms with Crippen molar-refractivity contribution in [3.8, 4) is 0 Å². The number of primary amides is 1. The van der Waals surface area contributed by atoms with Crippen LogP contribution < -0.4 is 16.4 Å². The number of rotatable bonds is 8. The minimum absolute atomic E-state index is 0.148. The molecule has 7 heteroatoms. The number of aromatic nitrogens is 2. The van der Waals surface area contributed by atoms with Crippen molar-refractivity contribution >= 4 is 23.6 Å². The molecule has 4 N–H and O–H groups in total. The first kappa shape index (κ1) is 21.6. The Morgan fingerprint density at radius 1 is 1.23 bits per heavy atom. The molecule has 3 atom stereocenters. The number of anilines is 2. The highest BCUT2D eigenvalue weighted by molar-refractivity contribution is 5.98. The van der Waals surface area contributed by atoms with Crippen LogP contribution in [0.5, 0.6) is 0 Å². The van der Waals surface area contributed by atoms with Gasteiger partial charge >= 0.3 is 0 Å². The maximum absolute atomic E-state index is 12.1. The smallest absolute Gasteiger partial charge is 0.254 e. The van der Waals surface area contributed by atoms with E-state index in [9.17, 15) is 4.79 Å². The number of para-hydroxylation sites is 1. The van der Waals surface area contributed by atoms with E-state index in [1.165, 1.54) is 12.8 Å². The number of nitrogens with one attached hydrogen (secondary N) is 2. The van der Waals surface area contributed by atoms with E-state index in [0.29, 0.717) is 17.4 Å². The average molecular weight is 423 g/mol. The monoisotopic (exact) mass is 422 g/mol. The Kier molecular flexibility index (Phi) is 6.14. The molecular formula is C24H34N6O. The Morgan fingerprint density at radius 3 is 2.61 bits per heavy atom. The van der Waals surface area contributed by atoms with E-state index in [0.717, 1.165) is 30.9 Å². The van der Waals surface area contributed by atoms with Gasteiger partial charge in [-0.05, 0) is 64.0 Å². The van der Waals surface area contributed by atoms with Crippen LogP contribution in [0.2, 0.25) is 0 Å². The number of carbonyl (C=O) groups excluding carboxylic acids is 1. The molecule has 2 aliphatic rings. The summed E-state index contributed by atoms with van der Waals surface area (Å²) in [5.41, 5.74) is 7.13. The summed E-state index contributed by atoms with van der Waals surface area (Å²) in [6.45, 7) is 4.65. The van der Waals surface area contributed by atoms with E-state index in [2.05, 4.69) is 29.5 Å². The van der Waals surface area contributed by atoms with Gasteiger partial charge in [0.2, 0.25) is 0 Å². The molecule has 1 aromatic carbocycles. The van der Waals surface area contributed by atoms with E-state index in [-0.39, 0.29) is 17.5 Å². The van der Waals surface area contributed by atoms with Crippen molar-refractivity contribution in [3.63, 3.8) is 0 Å². The third-order valence-electron chi connectivity index (χ3n) is 6.75. The Morgan fingerprint density at radius 2 is 1.97 bits per heavy atom. The Hall–Kier alpha value is -2.67. The first-order valence-electron chi connectivity index (χ1n) is 11.3. The van der Waals surface area contributed by atoms with Crippen molar-refractivity contribution < 1.29 is 4.79 Å². The molecule has 0 aliphatic heterocycles. The van der Waals surface area contributed by atoms with E-state index >= 15 is 0 Å². The fraction of sp³-hybridized carbons (Fsp3) is 0.542. The number of aliphatic imine (C=N–C) groups is 1. The minimum atomic E-state index is -0.480. The molecule has 166 valence electrons. The van der Waals surface area contributed by atoms with Crippen LogP contribution in [0.3, 0.4) is 0 Å². The van der Waals surface area contributed by atoms with Gasteiger partial charge in [-0.2, -0.15) is 5.10 Å². The molecule has 1 aromatic heterocycles. The van der Waals surface area contributed by atoms with Crippen LogP contribution in [0.1, 0.15) is 62.4 Å². The first-order valence-corrected chi connectivity index (χ1v) is 11.3. The summed E-state index contributed by atoms with van der Waals surface area (Å²) in [5, 5.41) is 11.9. The van der Waals surface area contributed by atoms with Gasteiger partial charge in [-0.1, -0.05) is 18.2 Å². The highest BCUT2D eigenvalue weighted by Crippen LogP contribution is 2.41. The van der Waals surface area contributed by atoms with Crippen molar-refractivity contribution in [1.29, 1.82) is 0 Å². The second-order valence-electron chi connectivity index (χ2n) is 9.52. The van der Waals surface area contributed by atoms with Gasteiger partial charge in [0.15, 0.2) is 5.82 Å². The lowest BCUT2D eigenvalue weighted by atomic mass is 9.81. The number of amides is 1. The Balaban J connectivity index is 1.53. The molecule has 7 nitrogen and oxygen atoms in total. The zero-order chi connectivity index (χ0) is 22.0. The van der Waals surface area contributed by atoms with E-state index in [1.807, 2.05) is 48.3 Å². The second-order valence-corrected chi connectivity index (χ2v) is 9.52. The lowest BCUT2D eigenvalue weighted by molar-refractivity contribution is 0.100. The largest absolute Gasteiger partial charge is 0.365 e. The summed E-state index contributed by atoms with van der Waals surface area (Å²) in [6.07, 6.45) is 9.54. The Bertz CT molecular complexity index is 931. The van der Waals surface area contributed by atoms with Gasteiger partial charge in [0.05, 0.1) is 6.04 Å². The van der Waals surface area contributed by atoms with E-state index in [1.54, 1.807) is 6.20 Å². The van der Waals surface area contributed by atoms with Crippen LogP contribution in [0, 0.1) is 11.8 Å². The number of nitrogens with zero attached hydrogens (tertiary/aromatic N) is 3. The third-order valence-corrected chi connectivity index (χ3v) is 6.75. The Labute approximate surface area is 184 Å². The molecule has 2 fully saturated rings. The van der Waals surface area contributed by atoms with Crippen LogP contribution in [-0.2, 0) is 0 Å². The molecule has 1 amide bonds. The van der Waals surface area contributed by atoms with Gasteiger partial charge in [-0.15, -0.1) is 0 Å². The molecule has 1 heterocycles. The highest BCUT2D eigenvalue weighted by Gasteiger charge is 2.41. The summed E-state index contributed by atoms with van der Waals surface area (Å²) >= 11 is 0. The summed E-state index contributed by atoms with van der Waals surface area (Å²) in [5.74, 6) is 1.06. The van der Waals surface area contributed by atoms with Crippen molar-refractivity contribution in [3.05, 3.63) is 42.1 Å². The van der Waals surface area contributed by atoms with Crippen LogP contribution in [0.15, 0.2) is 41.5 Å². The highest BCUT2D eigenvalue weighted by atomic mass is 16.1. The molecule has 31 heavy (non-hydrogen) atoms. The summed E-state index contributed by atoms with van der Waals surface area (Å²) < 4.78 is 1.92. The quantitative estimate of drug-likeness (QED) is 0.562. The normalized spacial score (nSPS) is 24.4. The number of hydrogen-bond donors (Lipinski definition) is 3. The molecule has 4 rings (SSSR count). The van der Waals surface area contributed by atoms with E-state index < -0.39 is 5.91 Å². The van der Waals surface area contributed by atoms with Gasteiger partial charge in [0.1, 0.15) is 5.56 Å². The maximum Gasteiger partial charge on any atom is 0.254 e. The molecule has 1 unspecified atom stereocenters. The summed E-state index contributed by atoms with van der Waals surface area (Å²) in [7, 11) is 1.82. The second kappa shape index (κ2) is 8.83. The fourth-order valence-electron chi connectivity index (χ4n) is 4.94. The standard InChI is InChI=1S/C24H34N6O/c1-24(2,17-9-10-17)28-19-11-12-21(16(13-19)14-26-3)30-15-20(22(25)31)23(29-30)27-18-7-5-4-6-8-18/h4-8,14-17,19,21,28H,9-13H2,1-3H3,(H2,25,31)(H,27,29)/t16-,19+,21?/m1/s1. The van der Waals surface area contributed by atoms with E-state index in [4.69, 9.17) is 10.8 Å². The van der Waals surface area contributed by atoms with Crippen LogP contribution in [0.25, 0.3) is 0 Å². The summed E-state index contributed by atoms with van der Waals surface area (Å²) in [4.78, 5) is 16.4. The molecule has 0 saturated heterocycles. The van der Waals surface area contributed by atoms with Gasteiger partial charge < -0.3 is 21.4 Å². The van der Waals surface area contributed by atoms with Gasteiger partial charge in [0, 0.05) is 42.6 Å². The molecule has 0 bridgehead atoms. The van der Waals surface area contributed by atoms with Crippen molar-refractivity contribution in [2.24, 2.45) is 22.6 Å². The van der Waals surface area contributed by atoms with Gasteiger partial charge in [0.25, 0.3) is 5.91 Å². The molecule has 2 saturated carbocycles. The minimum Gasteiger partial charge on any atom is -0.365 e. The lowest BCUT2D eigenvalue weighted by Gasteiger charge is -2.39. The van der Waals surface area contributed by atoms with Gasteiger partial charge in [-0.3, -0.25) is 9.48 Å². The zero-order valence-corrected chi connectivity index (χ0v) is 18.7. The van der Waals surface area contributed by atoms with Crippen molar-refractivity contribution in [2.75, 3.05) is 12.4 Å². The number of benzene rings is 1. The lowest BCUT2D eigenvalue weighted by Crippen LogP contribution is -2.50. The predicted molar refractivity (Wildman–Crippen MR) is 125 cm³/mol. The zero-order valence-electron chi connectivity index (χ0n) is 18.7. The third kappa shape index (κ3) is 4.98. The molecule has 0 radical (unpaired) electrons. The first-order chi connectivity index (χ1) is 14.9.